The molecule has 0 aliphatic heterocycles. The van der Waals surface area contributed by atoms with Crippen molar-refractivity contribution in [3.63, 3.8) is 0 Å². The van der Waals surface area contributed by atoms with Crippen molar-refractivity contribution < 1.29 is 68.0 Å². The number of rotatable bonds is 3. The summed E-state index contributed by atoms with van der Waals surface area (Å²) in [7, 11) is 0. The van der Waals surface area contributed by atoms with Gasteiger partial charge in [0.25, 0.3) is 0 Å². The molecule has 0 heterocycles. The van der Waals surface area contributed by atoms with Crippen molar-refractivity contribution in [2.75, 3.05) is 0 Å². The maximum absolute atomic E-state index is 14.5. The predicted molar refractivity (Wildman–Crippen MR) is 84.8 cm³/mol. The molecule has 0 saturated carbocycles. The standard InChI is InChI=1S/C19H4F12O3/c20-5-2(6(21)12(27)17(32)11(5)26)1(3-7(22)13(28)18(33)14(29)8(3)23)4-9(24)15(30)19(34)16(31)10(4)25/h1,32-34H. The summed E-state index contributed by atoms with van der Waals surface area (Å²) in [5.41, 5.74) is -7.55. The van der Waals surface area contributed by atoms with Crippen molar-refractivity contribution in [1.29, 1.82) is 0 Å². The molecule has 15 heteroatoms. The van der Waals surface area contributed by atoms with Gasteiger partial charge in [-0.2, -0.15) is 26.3 Å². The van der Waals surface area contributed by atoms with Crippen molar-refractivity contribution >= 4 is 0 Å². The average molecular weight is 508 g/mol. The summed E-state index contributed by atoms with van der Waals surface area (Å²) in [6.07, 6.45) is 0. The van der Waals surface area contributed by atoms with Crippen LogP contribution in [0.15, 0.2) is 0 Å². The molecule has 0 aliphatic carbocycles. The van der Waals surface area contributed by atoms with Crippen molar-refractivity contribution in [3.05, 3.63) is 86.5 Å². The highest BCUT2D eigenvalue weighted by Gasteiger charge is 2.42. The van der Waals surface area contributed by atoms with Gasteiger partial charge in [-0.05, 0) is 0 Å². The first-order valence-electron chi connectivity index (χ1n) is 8.30. The van der Waals surface area contributed by atoms with E-state index in [1.165, 1.54) is 0 Å². The first-order valence-corrected chi connectivity index (χ1v) is 8.30. The Morgan fingerprint density at radius 3 is 0.588 bits per heavy atom. The van der Waals surface area contributed by atoms with Crippen molar-refractivity contribution in [2.24, 2.45) is 0 Å². The highest BCUT2D eigenvalue weighted by atomic mass is 19.2. The number of phenolic OH excluding ortho intramolecular Hbond substituents is 3. The number of benzene rings is 3. The molecular weight excluding hydrogens is 504 g/mol. The van der Waals surface area contributed by atoms with Gasteiger partial charge in [-0.1, -0.05) is 0 Å². The Morgan fingerprint density at radius 1 is 0.294 bits per heavy atom. The van der Waals surface area contributed by atoms with E-state index < -0.39 is 110 Å². The van der Waals surface area contributed by atoms with Crippen LogP contribution in [0.5, 0.6) is 17.2 Å². The van der Waals surface area contributed by atoms with Crippen LogP contribution in [0, 0.1) is 69.8 Å². The minimum atomic E-state index is -3.79. The van der Waals surface area contributed by atoms with Crippen LogP contribution in [0.4, 0.5) is 52.7 Å². The van der Waals surface area contributed by atoms with E-state index in [-0.39, 0.29) is 0 Å². The van der Waals surface area contributed by atoms with Gasteiger partial charge in [0.05, 0.1) is 5.92 Å². The summed E-state index contributed by atoms with van der Waals surface area (Å²) in [4.78, 5) is 0. The molecule has 182 valence electrons. The molecule has 0 amide bonds. The van der Waals surface area contributed by atoms with Crippen LogP contribution < -0.4 is 0 Å². The second-order valence-corrected chi connectivity index (χ2v) is 6.49. The van der Waals surface area contributed by atoms with Crippen molar-refractivity contribution in [1.82, 2.24) is 0 Å². The maximum atomic E-state index is 14.5. The van der Waals surface area contributed by atoms with Gasteiger partial charge < -0.3 is 15.3 Å². The molecule has 0 unspecified atom stereocenters. The Hall–Kier alpha value is -3.78. The fourth-order valence-electron chi connectivity index (χ4n) is 3.10. The highest BCUT2D eigenvalue weighted by Crippen LogP contribution is 2.46. The first kappa shape index (κ1) is 24.9. The topological polar surface area (TPSA) is 60.7 Å². The van der Waals surface area contributed by atoms with Crippen LogP contribution in [0.2, 0.25) is 0 Å². The lowest BCUT2D eigenvalue weighted by Crippen LogP contribution is -2.20. The molecule has 3 rings (SSSR count). The summed E-state index contributed by atoms with van der Waals surface area (Å²) in [6.45, 7) is 0. The van der Waals surface area contributed by atoms with Gasteiger partial charge in [0.2, 0.25) is 34.9 Å². The van der Waals surface area contributed by atoms with Crippen LogP contribution in [0.25, 0.3) is 0 Å². The summed E-state index contributed by atoms with van der Waals surface area (Å²) in [5.74, 6) is -44.6. The van der Waals surface area contributed by atoms with Crippen LogP contribution in [-0.4, -0.2) is 15.3 Å². The molecule has 0 spiro atoms. The van der Waals surface area contributed by atoms with Gasteiger partial charge in [0, 0.05) is 16.7 Å². The van der Waals surface area contributed by atoms with E-state index in [1.54, 1.807) is 0 Å². The molecule has 3 nitrogen and oxygen atoms in total. The fourth-order valence-corrected chi connectivity index (χ4v) is 3.10. The third-order valence-corrected chi connectivity index (χ3v) is 4.69. The second kappa shape index (κ2) is 8.22. The lowest BCUT2D eigenvalue weighted by Gasteiger charge is -2.24. The first-order chi connectivity index (χ1) is 15.7. The molecule has 3 N–H and O–H groups in total. The van der Waals surface area contributed by atoms with Crippen LogP contribution >= 0.6 is 0 Å². The molecule has 0 fully saturated rings. The molecule has 0 saturated heterocycles. The summed E-state index contributed by atoms with van der Waals surface area (Å²) in [5, 5.41) is 27.2. The zero-order valence-corrected chi connectivity index (χ0v) is 15.5. The second-order valence-electron chi connectivity index (χ2n) is 6.49. The van der Waals surface area contributed by atoms with Gasteiger partial charge >= 0.3 is 0 Å². The van der Waals surface area contributed by atoms with Gasteiger partial charge in [-0.15, -0.1) is 0 Å². The molecule has 3 aromatic rings. The van der Waals surface area contributed by atoms with Gasteiger partial charge in [0.15, 0.2) is 52.2 Å². The Kier molecular flexibility index (Phi) is 6.01. The van der Waals surface area contributed by atoms with E-state index >= 15 is 0 Å². The van der Waals surface area contributed by atoms with Crippen LogP contribution in [0.3, 0.4) is 0 Å². The van der Waals surface area contributed by atoms with Gasteiger partial charge in [-0.3, -0.25) is 0 Å². The quantitative estimate of drug-likeness (QED) is 0.244. The molecule has 0 radical (unpaired) electrons. The minimum Gasteiger partial charge on any atom is -0.503 e. The normalized spacial score (nSPS) is 11.6. The van der Waals surface area contributed by atoms with E-state index in [0.29, 0.717) is 0 Å². The third-order valence-electron chi connectivity index (χ3n) is 4.69. The van der Waals surface area contributed by atoms with Crippen LogP contribution in [0.1, 0.15) is 22.6 Å². The lowest BCUT2D eigenvalue weighted by atomic mass is 9.82. The minimum absolute atomic E-state index is 2.40. The van der Waals surface area contributed by atoms with E-state index in [0.717, 1.165) is 0 Å². The zero-order chi connectivity index (χ0) is 26.0. The number of hydrogen-bond acceptors (Lipinski definition) is 3. The fraction of sp³-hybridized carbons (Fsp3) is 0.0526. The number of halogens is 12. The molecule has 0 aliphatic rings. The molecule has 0 atom stereocenters. The van der Waals surface area contributed by atoms with Gasteiger partial charge in [0.1, 0.15) is 0 Å². The Morgan fingerprint density at radius 2 is 0.441 bits per heavy atom. The highest BCUT2D eigenvalue weighted by molar-refractivity contribution is 5.51. The summed E-state index contributed by atoms with van der Waals surface area (Å²) < 4.78 is 170. The maximum Gasteiger partial charge on any atom is 0.204 e. The van der Waals surface area contributed by atoms with E-state index in [9.17, 15) is 52.7 Å². The van der Waals surface area contributed by atoms with E-state index in [1.807, 2.05) is 0 Å². The largest absolute Gasteiger partial charge is 0.503 e. The number of aromatic hydroxyl groups is 3. The molecule has 0 aromatic heterocycles. The van der Waals surface area contributed by atoms with Crippen molar-refractivity contribution in [2.45, 2.75) is 5.92 Å². The lowest BCUT2D eigenvalue weighted by molar-refractivity contribution is 0.334. The predicted octanol–water partition coefficient (Wildman–Crippen LogP) is 5.65. The summed E-state index contributed by atoms with van der Waals surface area (Å²) in [6, 6.07) is 0. The van der Waals surface area contributed by atoms with Gasteiger partial charge in [-0.25, -0.2) is 26.3 Å². The Balaban J connectivity index is 2.68. The van der Waals surface area contributed by atoms with Crippen molar-refractivity contribution in [3.8, 4) is 17.2 Å². The smallest absolute Gasteiger partial charge is 0.204 e. The van der Waals surface area contributed by atoms with E-state index in [4.69, 9.17) is 15.3 Å². The third kappa shape index (κ3) is 3.25. The molecule has 34 heavy (non-hydrogen) atoms. The monoisotopic (exact) mass is 508 g/mol. The average Bonchev–Trinajstić information content (AvgIpc) is 2.81. The van der Waals surface area contributed by atoms with Crippen LogP contribution in [-0.2, 0) is 0 Å². The van der Waals surface area contributed by atoms with E-state index in [2.05, 4.69) is 0 Å². The molecule has 3 aromatic carbocycles. The zero-order valence-electron chi connectivity index (χ0n) is 15.5. The Bertz CT molecular complexity index is 1120. The number of phenols is 3. The summed E-state index contributed by atoms with van der Waals surface area (Å²) >= 11 is 0. The number of hydrogen-bond donors (Lipinski definition) is 3. The molecule has 0 bridgehead atoms. The Labute approximate surface area is 178 Å². The molecular formula is C19H4F12O3. The SMILES string of the molecule is Oc1c(F)c(F)c(C(c2c(F)c(F)c(O)c(F)c2F)c2c(F)c(F)c(O)c(F)c2F)c(F)c1F.